The first-order chi connectivity index (χ1) is 10.2. The van der Waals surface area contributed by atoms with Crippen molar-refractivity contribution in [3.8, 4) is 5.75 Å². The SMILES string of the molecule is CCOC(=O)C1CCCCN1C(=O)c1ccncc1OC. The molecule has 1 atom stereocenters. The van der Waals surface area contributed by atoms with Crippen molar-refractivity contribution in [2.45, 2.75) is 32.2 Å². The van der Waals surface area contributed by atoms with Gasteiger partial charge in [-0.15, -0.1) is 0 Å². The van der Waals surface area contributed by atoms with Crippen molar-refractivity contribution >= 4 is 11.9 Å². The molecular weight excluding hydrogens is 272 g/mol. The Morgan fingerprint density at radius 1 is 1.43 bits per heavy atom. The fourth-order valence-electron chi connectivity index (χ4n) is 2.53. The predicted octanol–water partition coefficient (Wildman–Crippen LogP) is 1.65. The molecule has 0 radical (unpaired) electrons. The Kier molecular flexibility index (Phi) is 5.14. The smallest absolute Gasteiger partial charge is 0.328 e. The third kappa shape index (κ3) is 3.32. The van der Waals surface area contributed by atoms with Gasteiger partial charge in [0.1, 0.15) is 11.8 Å². The van der Waals surface area contributed by atoms with E-state index in [1.807, 2.05) is 0 Å². The largest absolute Gasteiger partial charge is 0.494 e. The highest BCUT2D eigenvalue weighted by Gasteiger charge is 2.34. The molecular formula is C15H20N2O4. The highest BCUT2D eigenvalue weighted by Crippen LogP contribution is 2.24. The first kappa shape index (κ1) is 15.3. The molecule has 1 amide bonds. The molecule has 0 aromatic carbocycles. The topological polar surface area (TPSA) is 68.7 Å². The van der Waals surface area contributed by atoms with Gasteiger partial charge in [0, 0.05) is 12.7 Å². The van der Waals surface area contributed by atoms with Crippen molar-refractivity contribution < 1.29 is 19.1 Å². The standard InChI is InChI=1S/C15H20N2O4/c1-3-21-15(19)12-6-4-5-9-17(12)14(18)11-7-8-16-10-13(11)20-2/h7-8,10,12H,3-6,9H2,1-2H3. The summed E-state index contributed by atoms with van der Waals surface area (Å²) in [7, 11) is 1.49. The fourth-order valence-corrected chi connectivity index (χ4v) is 2.53. The van der Waals surface area contributed by atoms with E-state index in [2.05, 4.69) is 4.98 Å². The van der Waals surface area contributed by atoms with Crippen LogP contribution in [0.2, 0.25) is 0 Å². The number of ether oxygens (including phenoxy) is 2. The van der Waals surface area contributed by atoms with E-state index in [9.17, 15) is 9.59 Å². The average molecular weight is 292 g/mol. The predicted molar refractivity (Wildman–Crippen MR) is 76.1 cm³/mol. The van der Waals surface area contributed by atoms with Gasteiger partial charge in [-0.3, -0.25) is 9.78 Å². The number of likely N-dealkylation sites (tertiary alicyclic amines) is 1. The summed E-state index contributed by atoms with van der Waals surface area (Å²) in [5, 5.41) is 0. The van der Waals surface area contributed by atoms with Crippen LogP contribution in [0.5, 0.6) is 5.75 Å². The third-order valence-corrected chi connectivity index (χ3v) is 3.56. The molecule has 1 fully saturated rings. The number of aromatic nitrogens is 1. The number of methoxy groups -OCH3 is 1. The Balaban J connectivity index is 2.24. The van der Waals surface area contributed by atoms with Crippen LogP contribution in [0.3, 0.4) is 0 Å². The van der Waals surface area contributed by atoms with Crippen molar-refractivity contribution in [3.05, 3.63) is 24.0 Å². The molecule has 0 N–H and O–H groups in total. The molecule has 1 unspecified atom stereocenters. The number of rotatable bonds is 4. The summed E-state index contributed by atoms with van der Waals surface area (Å²) in [5.41, 5.74) is 0.420. The van der Waals surface area contributed by atoms with Crippen molar-refractivity contribution in [1.29, 1.82) is 0 Å². The number of nitrogens with zero attached hydrogens (tertiary/aromatic N) is 2. The van der Waals surface area contributed by atoms with Crippen LogP contribution in [0.1, 0.15) is 36.5 Å². The van der Waals surface area contributed by atoms with Crippen LogP contribution in [-0.2, 0) is 9.53 Å². The van der Waals surface area contributed by atoms with Gasteiger partial charge in [-0.1, -0.05) is 0 Å². The number of piperidine rings is 1. The summed E-state index contributed by atoms with van der Waals surface area (Å²) < 4.78 is 10.3. The Labute approximate surface area is 124 Å². The molecule has 2 heterocycles. The monoisotopic (exact) mass is 292 g/mol. The molecule has 1 aromatic rings. The molecule has 6 heteroatoms. The number of esters is 1. The highest BCUT2D eigenvalue weighted by atomic mass is 16.5. The van der Waals surface area contributed by atoms with E-state index >= 15 is 0 Å². The molecule has 0 saturated carbocycles. The maximum Gasteiger partial charge on any atom is 0.328 e. The Morgan fingerprint density at radius 3 is 2.95 bits per heavy atom. The van der Waals surface area contributed by atoms with Crippen LogP contribution in [-0.4, -0.2) is 48.1 Å². The minimum atomic E-state index is -0.510. The number of carbonyl (C=O) groups is 2. The van der Waals surface area contributed by atoms with Crippen molar-refractivity contribution in [2.75, 3.05) is 20.3 Å². The quantitative estimate of drug-likeness (QED) is 0.789. The number of carbonyl (C=O) groups excluding carboxylic acids is 2. The molecule has 0 spiro atoms. The van der Waals surface area contributed by atoms with Gasteiger partial charge in [-0.25, -0.2) is 4.79 Å². The molecule has 1 saturated heterocycles. The van der Waals surface area contributed by atoms with E-state index < -0.39 is 6.04 Å². The number of amides is 1. The van der Waals surface area contributed by atoms with E-state index in [-0.39, 0.29) is 11.9 Å². The van der Waals surface area contributed by atoms with Crippen LogP contribution in [0, 0.1) is 0 Å². The summed E-state index contributed by atoms with van der Waals surface area (Å²) >= 11 is 0. The lowest BCUT2D eigenvalue weighted by Gasteiger charge is -2.34. The second-order valence-electron chi connectivity index (χ2n) is 4.84. The zero-order valence-corrected chi connectivity index (χ0v) is 12.4. The second-order valence-corrected chi connectivity index (χ2v) is 4.84. The molecule has 1 aliphatic rings. The van der Waals surface area contributed by atoms with Gasteiger partial charge in [-0.2, -0.15) is 0 Å². The molecule has 114 valence electrons. The van der Waals surface area contributed by atoms with Gasteiger partial charge in [-0.05, 0) is 32.3 Å². The third-order valence-electron chi connectivity index (χ3n) is 3.56. The van der Waals surface area contributed by atoms with Gasteiger partial charge < -0.3 is 14.4 Å². The highest BCUT2D eigenvalue weighted by molar-refractivity contribution is 5.99. The summed E-state index contributed by atoms with van der Waals surface area (Å²) in [4.78, 5) is 30.3. The normalized spacial score (nSPS) is 18.2. The maximum atomic E-state index is 12.7. The number of hydrogen-bond acceptors (Lipinski definition) is 5. The zero-order chi connectivity index (χ0) is 15.2. The van der Waals surface area contributed by atoms with Gasteiger partial charge in [0.25, 0.3) is 5.91 Å². The molecule has 1 aliphatic heterocycles. The summed E-state index contributed by atoms with van der Waals surface area (Å²) in [5.74, 6) is -0.138. The van der Waals surface area contributed by atoms with Crippen molar-refractivity contribution in [3.63, 3.8) is 0 Å². The van der Waals surface area contributed by atoms with Crippen LogP contribution in [0.4, 0.5) is 0 Å². The van der Waals surface area contributed by atoms with E-state index in [1.165, 1.54) is 13.3 Å². The maximum absolute atomic E-state index is 12.7. The van der Waals surface area contributed by atoms with E-state index in [0.717, 1.165) is 12.8 Å². The number of hydrogen-bond donors (Lipinski definition) is 0. The van der Waals surface area contributed by atoms with E-state index in [4.69, 9.17) is 9.47 Å². The average Bonchev–Trinajstić information content (AvgIpc) is 2.54. The van der Waals surface area contributed by atoms with Crippen LogP contribution in [0.25, 0.3) is 0 Å². The fraction of sp³-hybridized carbons (Fsp3) is 0.533. The molecule has 2 rings (SSSR count). The lowest BCUT2D eigenvalue weighted by molar-refractivity contribution is -0.149. The molecule has 1 aromatic heterocycles. The van der Waals surface area contributed by atoms with Gasteiger partial charge >= 0.3 is 5.97 Å². The molecule has 0 aliphatic carbocycles. The van der Waals surface area contributed by atoms with Gasteiger partial charge in [0.15, 0.2) is 0 Å². The van der Waals surface area contributed by atoms with E-state index in [0.29, 0.717) is 30.9 Å². The lowest BCUT2D eigenvalue weighted by atomic mass is 10.0. The minimum absolute atomic E-state index is 0.216. The van der Waals surface area contributed by atoms with Crippen molar-refractivity contribution in [2.24, 2.45) is 0 Å². The van der Waals surface area contributed by atoms with Gasteiger partial charge in [0.05, 0.1) is 25.5 Å². The van der Waals surface area contributed by atoms with Crippen molar-refractivity contribution in [1.82, 2.24) is 9.88 Å². The second kappa shape index (κ2) is 7.06. The first-order valence-corrected chi connectivity index (χ1v) is 7.14. The van der Waals surface area contributed by atoms with Crippen LogP contribution < -0.4 is 4.74 Å². The number of pyridine rings is 1. The Bertz CT molecular complexity index is 518. The first-order valence-electron chi connectivity index (χ1n) is 7.14. The summed E-state index contributed by atoms with van der Waals surface area (Å²) in [6.45, 7) is 2.63. The lowest BCUT2D eigenvalue weighted by Crippen LogP contribution is -2.48. The Hall–Kier alpha value is -2.11. The van der Waals surface area contributed by atoms with Crippen LogP contribution in [0.15, 0.2) is 18.5 Å². The minimum Gasteiger partial charge on any atom is -0.494 e. The molecule has 21 heavy (non-hydrogen) atoms. The summed E-state index contributed by atoms with van der Waals surface area (Å²) in [6.07, 6.45) is 5.48. The van der Waals surface area contributed by atoms with E-state index in [1.54, 1.807) is 24.1 Å². The summed E-state index contributed by atoms with van der Waals surface area (Å²) in [6, 6.07) is 1.10. The van der Waals surface area contributed by atoms with Crippen LogP contribution >= 0.6 is 0 Å². The Morgan fingerprint density at radius 2 is 2.24 bits per heavy atom. The molecule has 0 bridgehead atoms. The van der Waals surface area contributed by atoms with Gasteiger partial charge in [0.2, 0.25) is 0 Å². The zero-order valence-electron chi connectivity index (χ0n) is 12.4. The molecule has 6 nitrogen and oxygen atoms in total.